The molecule has 342 valence electrons. The highest BCUT2D eigenvalue weighted by molar-refractivity contribution is 7.47. The van der Waals surface area contributed by atoms with Crippen molar-refractivity contribution in [3.8, 4) is 0 Å². The van der Waals surface area contributed by atoms with Crippen molar-refractivity contribution in [2.45, 2.75) is 161 Å². The van der Waals surface area contributed by atoms with Crippen molar-refractivity contribution >= 4 is 19.8 Å². The molecule has 10 heteroatoms. The minimum absolute atomic E-state index is 0.00903. The van der Waals surface area contributed by atoms with Crippen LogP contribution in [-0.4, -0.2) is 74.9 Å². The number of rotatable bonds is 40. The first-order valence-corrected chi connectivity index (χ1v) is 24.5. The van der Waals surface area contributed by atoms with E-state index in [-0.39, 0.29) is 26.1 Å². The fourth-order valence-electron chi connectivity index (χ4n) is 5.47. The highest BCUT2D eigenvalue weighted by Gasteiger charge is 2.27. The quantitative estimate of drug-likeness (QED) is 0.0213. The zero-order valence-electron chi connectivity index (χ0n) is 38.4. The summed E-state index contributed by atoms with van der Waals surface area (Å²) in [5.74, 6) is -0.930. The van der Waals surface area contributed by atoms with E-state index in [1.54, 1.807) is 0 Å². The molecule has 0 aromatic rings. The third kappa shape index (κ3) is 44.5. The van der Waals surface area contributed by atoms with Gasteiger partial charge in [-0.15, -0.1) is 0 Å². The molecular formula is C50H85NO8P+. The van der Waals surface area contributed by atoms with Crippen molar-refractivity contribution in [2.75, 3.05) is 47.5 Å². The van der Waals surface area contributed by atoms with E-state index in [9.17, 15) is 19.0 Å². The summed E-state index contributed by atoms with van der Waals surface area (Å²) in [6.45, 7) is 4.23. The molecule has 0 aliphatic rings. The molecule has 0 aromatic heterocycles. The third-order valence-electron chi connectivity index (χ3n) is 9.10. The van der Waals surface area contributed by atoms with E-state index in [0.29, 0.717) is 23.9 Å². The van der Waals surface area contributed by atoms with Crippen LogP contribution in [0.2, 0.25) is 0 Å². The number of carbonyl (C=O) groups is 2. The largest absolute Gasteiger partial charge is 0.472 e. The first kappa shape index (κ1) is 56.9. The number of allylic oxidation sites excluding steroid dienone is 16. The lowest BCUT2D eigenvalue weighted by atomic mass is 10.1. The molecule has 1 N–H and O–H groups in total. The van der Waals surface area contributed by atoms with Crippen LogP contribution in [0.5, 0.6) is 0 Å². The maximum atomic E-state index is 12.7. The lowest BCUT2D eigenvalue weighted by molar-refractivity contribution is -0.870. The molecule has 60 heavy (non-hydrogen) atoms. The first-order valence-electron chi connectivity index (χ1n) is 23.0. The molecule has 0 bridgehead atoms. The van der Waals surface area contributed by atoms with Gasteiger partial charge in [0.15, 0.2) is 6.10 Å². The molecule has 0 fully saturated rings. The van der Waals surface area contributed by atoms with Crippen LogP contribution in [0.1, 0.15) is 155 Å². The van der Waals surface area contributed by atoms with Gasteiger partial charge in [-0.2, -0.15) is 0 Å². The predicted octanol–water partition coefficient (Wildman–Crippen LogP) is 13.4. The van der Waals surface area contributed by atoms with Gasteiger partial charge in [-0.1, -0.05) is 150 Å². The number of esters is 2. The molecule has 0 rings (SSSR count). The Morgan fingerprint density at radius 3 is 1.38 bits per heavy atom. The number of hydrogen-bond acceptors (Lipinski definition) is 7. The van der Waals surface area contributed by atoms with Gasteiger partial charge in [0, 0.05) is 12.8 Å². The summed E-state index contributed by atoms with van der Waals surface area (Å²) in [4.78, 5) is 35.4. The van der Waals surface area contributed by atoms with Gasteiger partial charge in [0.1, 0.15) is 19.8 Å². The normalized spacial score (nSPS) is 14.4. The number of phosphoric ester groups is 1. The van der Waals surface area contributed by atoms with E-state index in [0.717, 1.165) is 64.2 Å². The van der Waals surface area contributed by atoms with Crippen LogP contribution in [0.3, 0.4) is 0 Å². The molecule has 0 heterocycles. The molecule has 0 amide bonds. The predicted molar refractivity (Wildman–Crippen MR) is 252 cm³/mol. The molecule has 0 saturated carbocycles. The number of ether oxygens (including phenoxy) is 2. The topological polar surface area (TPSA) is 108 Å². The van der Waals surface area contributed by atoms with Crippen molar-refractivity contribution in [3.05, 3.63) is 97.2 Å². The number of phosphoric acid groups is 1. The zero-order chi connectivity index (χ0) is 44.3. The van der Waals surface area contributed by atoms with Crippen molar-refractivity contribution in [1.82, 2.24) is 0 Å². The molecule has 0 aromatic carbocycles. The van der Waals surface area contributed by atoms with Crippen LogP contribution in [0, 0.1) is 0 Å². The van der Waals surface area contributed by atoms with Gasteiger partial charge in [0.2, 0.25) is 0 Å². The van der Waals surface area contributed by atoms with Crippen LogP contribution < -0.4 is 0 Å². The van der Waals surface area contributed by atoms with Crippen molar-refractivity contribution in [1.29, 1.82) is 0 Å². The molecule has 0 spiro atoms. The Morgan fingerprint density at radius 1 is 0.517 bits per heavy atom. The van der Waals surface area contributed by atoms with E-state index in [1.165, 1.54) is 51.4 Å². The number of carbonyl (C=O) groups excluding carboxylic acids is 2. The average Bonchev–Trinajstić information content (AvgIpc) is 3.20. The van der Waals surface area contributed by atoms with Crippen LogP contribution in [-0.2, 0) is 32.7 Å². The lowest BCUT2D eigenvalue weighted by Gasteiger charge is -2.24. The molecule has 9 nitrogen and oxygen atoms in total. The molecule has 0 saturated heterocycles. The smallest absolute Gasteiger partial charge is 0.462 e. The molecule has 1 unspecified atom stereocenters. The second-order valence-corrected chi connectivity index (χ2v) is 17.5. The molecule has 2 atom stereocenters. The van der Waals surface area contributed by atoms with Gasteiger partial charge in [-0.05, 0) is 89.9 Å². The molecular weight excluding hydrogens is 774 g/mol. The minimum atomic E-state index is -4.41. The molecule has 0 aliphatic heterocycles. The standard InChI is InChI=1S/C50H84NO8P/c1-6-8-10-12-14-16-18-20-22-24-25-27-29-31-33-35-37-39-41-43-50(53)59-48(47-58-60(54,55)57-45-44-51(3,4)5)46-56-49(52)42-40-38-36-34-32-30-28-26-23-21-19-17-15-13-11-9-7-2/h14-17,20-23,25,27-28,30-31,33,37,39,48H,6-13,18-19,24,26,29,32,34-36,38,40-47H2,1-5H3/p+1/b16-14+,17-15+,22-20+,23-21+,27-25+,30-28+,33-31+,39-37+/t48-/m1/s1. The Morgan fingerprint density at radius 2 is 0.933 bits per heavy atom. The molecule has 0 radical (unpaired) electrons. The first-order chi connectivity index (χ1) is 29.0. The van der Waals surface area contributed by atoms with Crippen LogP contribution in [0.15, 0.2) is 97.2 Å². The number of quaternary nitrogens is 1. The second-order valence-electron chi connectivity index (χ2n) is 16.1. The fourth-order valence-corrected chi connectivity index (χ4v) is 6.21. The summed E-state index contributed by atoms with van der Waals surface area (Å²) >= 11 is 0. The number of nitrogens with zero attached hydrogens (tertiary/aromatic N) is 1. The highest BCUT2D eigenvalue weighted by Crippen LogP contribution is 2.43. The maximum Gasteiger partial charge on any atom is 0.472 e. The third-order valence-corrected chi connectivity index (χ3v) is 10.1. The van der Waals surface area contributed by atoms with E-state index in [2.05, 4.69) is 98.9 Å². The van der Waals surface area contributed by atoms with Crippen LogP contribution >= 0.6 is 7.82 Å². The summed E-state index contributed by atoms with van der Waals surface area (Å²) < 4.78 is 34.2. The Hall–Kier alpha value is -3.07. The highest BCUT2D eigenvalue weighted by atomic mass is 31.2. The zero-order valence-corrected chi connectivity index (χ0v) is 39.3. The minimum Gasteiger partial charge on any atom is -0.462 e. The number of hydrogen-bond donors (Lipinski definition) is 1. The van der Waals surface area contributed by atoms with Crippen LogP contribution in [0.4, 0.5) is 0 Å². The van der Waals surface area contributed by atoms with E-state index < -0.39 is 32.5 Å². The Labute approximate surface area is 366 Å². The Bertz CT molecular complexity index is 1340. The van der Waals surface area contributed by atoms with Gasteiger partial charge in [0.25, 0.3) is 0 Å². The van der Waals surface area contributed by atoms with E-state index >= 15 is 0 Å². The van der Waals surface area contributed by atoms with E-state index in [4.69, 9.17) is 18.5 Å². The summed E-state index contributed by atoms with van der Waals surface area (Å²) in [5.41, 5.74) is 0. The van der Waals surface area contributed by atoms with Crippen LogP contribution in [0.25, 0.3) is 0 Å². The summed E-state index contributed by atoms with van der Waals surface area (Å²) in [6, 6.07) is 0. The Balaban J connectivity index is 4.53. The summed E-state index contributed by atoms with van der Waals surface area (Å²) in [6.07, 6.45) is 54.7. The summed E-state index contributed by atoms with van der Waals surface area (Å²) in [5, 5.41) is 0. The van der Waals surface area contributed by atoms with Crippen molar-refractivity contribution < 1.29 is 42.1 Å². The van der Waals surface area contributed by atoms with Gasteiger partial charge in [0.05, 0.1) is 27.7 Å². The van der Waals surface area contributed by atoms with Crippen molar-refractivity contribution in [2.24, 2.45) is 0 Å². The SMILES string of the molecule is CCCCC/C=C/C/C=C/C/C=C/C/C=C/C/C=C/CCC(=O)O[C@H](COC(=O)CCCCCC/C=C/C/C=C/C/C=C/CCCCC)COP(=O)(O)OCC[N+](C)(C)C. The van der Waals surface area contributed by atoms with Gasteiger partial charge in [-0.25, -0.2) is 4.57 Å². The van der Waals surface area contributed by atoms with Gasteiger partial charge >= 0.3 is 19.8 Å². The fraction of sp³-hybridized carbons (Fsp3) is 0.640. The number of likely N-dealkylation sites (N-methyl/N-ethyl adjacent to an activating group) is 1. The maximum absolute atomic E-state index is 12.7. The van der Waals surface area contributed by atoms with Gasteiger partial charge in [-0.3, -0.25) is 18.6 Å². The van der Waals surface area contributed by atoms with Gasteiger partial charge < -0.3 is 18.9 Å². The Kier molecular flexibility index (Phi) is 39.2. The monoisotopic (exact) mass is 859 g/mol. The lowest BCUT2D eigenvalue weighted by Crippen LogP contribution is -2.37. The summed E-state index contributed by atoms with van der Waals surface area (Å²) in [7, 11) is 1.40. The average molecular weight is 859 g/mol. The molecule has 0 aliphatic carbocycles. The van der Waals surface area contributed by atoms with Crippen molar-refractivity contribution in [3.63, 3.8) is 0 Å². The second kappa shape index (κ2) is 41.3. The van der Waals surface area contributed by atoms with E-state index in [1.807, 2.05) is 33.3 Å². The number of unbranched alkanes of at least 4 members (excludes halogenated alkanes) is 10.